The summed E-state index contributed by atoms with van der Waals surface area (Å²) in [5.74, 6) is 0.219. The summed E-state index contributed by atoms with van der Waals surface area (Å²) in [4.78, 5) is 35.2. The maximum atomic E-state index is 12.4. The molecule has 1 saturated carbocycles. The van der Waals surface area contributed by atoms with E-state index in [0.717, 1.165) is 68.5 Å². The molecule has 1 aliphatic heterocycles. The minimum atomic E-state index is -3.89. The number of Topliss-reactive ketones (excluding diaryl/α,β-unsaturated/α-hetero) is 1. The second kappa shape index (κ2) is 25.3. The number of aromatic nitrogens is 2. The van der Waals surface area contributed by atoms with E-state index in [1.54, 1.807) is 6.92 Å². The summed E-state index contributed by atoms with van der Waals surface area (Å²) < 4.78 is 33.7. The summed E-state index contributed by atoms with van der Waals surface area (Å²) in [7, 11) is 0. The second-order valence-corrected chi connectivity index (χ2v) is 15.8. The molecular formula is C43H67F3N4O3S. The van der Waals surface area contributed by atoms with E-state index >= 15 is 0 Å². The number of carbonyl (C=O) groups is 2. The molecule has 6 rings (SSSR count). The van der Waals surface area contributed by atoms with Gasteiger partial charge in [-0.15, -0.1) is 0 Å². The van der Waals surface area contributed by atoms with E-state index in [1.165, 1.54) is 60.3 Å². The molecule has 1 amide bonds. The van der Waals surface area contributed by atoms with Crippen LogP contribution in [0, 0.1) is 11.8 Å². The average molecular weight is 777 g/mol. The first-order chi connectivity index (χ1) is 25.7. The smallest absolute Gasteiger partial charge is 0.391 e. The molecule has 7 nitrogen and oxygen atoms in total. The number of benzene rings is 1. The molecule has 3 heterocycles. The highest BCUT2D eigenvalue weighted by Crippen LogP contribution is 2.43. The first-order valence-corrected chi connectivity index (χ1v) is 21.1. The number of aliphatic hydroxyl groups excluding tert-OH is 1. The molecule has 3 aliphatic rings. The van der Waals surface area contributed by atoms with Gasteiger partial charge in [-0.25, -0.2) is 9.97 Å². The number of aryl methyl sites for hydroxylation is 2. The van der Waals surface area contributed by atoms with Crippen molar-refractivity contribution in [3.05, 3.63) is 58.2 Å². The van der Waals surface area contributed by atoms with Crippen LogP contribution in [0.2, 0.25) is 0 Å². The van der Waals surface area contributed by atoms with E-state index in [4.69, 9.17) is 4.98 Å². The number of piperidine rings is 1. The van der Waals surface area contributed by atoms with E-state index in [2.05, 4.69) is 79.3 Å². The molecule has 0 radical (unpaired) electrons. The summed E-state index contributed by atoms with van der Waals surface area (Å²) in [5, 5.41) is 13.0. The quantitative estimate of drug-likeness (QED) is 0.199. The van der Waals surface area contributed by atoms with Gasteiger partial charge in [-0.2, -0.15) is 13.2 Å². The van der Waals surface area contributed by atoms with E-state index in [1.807, 2.05) is 13.8 Å². The Labute approximate surface area is 326 Å². The van der Waals surface area contributed by atoms with Gasteiger partial charge in [0.2, 0.25) is 0 Å². The minimum absolute atomic E-state index is 0.0972. The number of ketones is 1. The fourth-order valence-electron chi connectivity index (χ4n) is 5.52. The third-order valence-electron chi connectivity index (χ3n) is 10.2. The third-order valence-corrected chi connectivity index (χ3v) is 11.1. The molecule has 2 aliphatic carbocycles. The van der Waals surface area contributed by atoms with Crippen LogP contribution in [0.25, 0.3) is 10.3 Å². The van der Waals surface area contributed by atoms with E-state index < -0.39 is 12.1 Å². The topological polar surface area (TPSA) is 95.4 Å². The lowest BCUT2D eigenvalue weighted by molar-refractivity contribution is -0.147. The van der Waals surface area contributed by atoms with Crippen LogP contribution in [-0.4, -0.2) is 70.1 Å². The van der Waals surface area contributed by atoms with Crippen LogP contribution in [-0.2, 0) is 17.6 Å². The van der Waals surface area contributed by atoms with Gasteiger partial charge < -0.3 is 15.3 Å². The van der Waals surface area contributed by atoms with Crippen molar-refractivity contribution in [1.29, 1.82) is 0 Å². The first-order valence-electron chi connectivity index (χ1n) is 20.3. The van der Waals surface area contributed by atoms with Gasteiger partial charge in [0.15, 0.2) is 5.01 Å². The number of aliphatic hydroxyl groups is 1. The van der Waals surface area contributed by atoms with E-state index in [-0.39, 0.29) is 17.9 Å². The van der Waals surface area contributed by atoms with E-state index in [9.17, 15) is 27.9 Å². The minimum Gasteiger partial charge on any atom is -0.393 e. The molecule has 304 valence electrons. The lowest BCUT2D eigenvalue weighted by Crippen LogP contribution is -2.37. The molecule has 2 N–H and O–H groups in total. The van der Waals surface area contributed by atoms with Gasteiger partial charge >= 0.3 is 6.18 Å². The number of nitrogens with zero attached hydrogens (tertiary/aromatic N) is 3. The van der Waals surface area contributed by atoms with Gasteiger partial charge in [0.25, 0.3) is 5.91 Å². The largest absolute Gasteiger partial charge is 0.393 e. The van der Waals surface area contributed by atoms with Crippen LogP contribution in [0.3, 0.4) is 0 Å². The number of alkyl halides is 3. The van der Waals surface area contributed by atoms with Crippen molar-refractivity contribution in [1.82, 2.24) is 20.2 Å². The van der Waals surface area contributed by atoms with Crippen molar-refractivity contribution < 1.29 is 27.9 Å². The molecule has 54 heavy (non-hydrogen) atoms. The maximum absolute atomic E-state index is 12.4. The fraction of sp³-hybridized carbons (Fsp3) is 0.674. The lowest BCUT2D eigenvalue weighted by atomic mass is 9.96. The number of halogens is 3. The van der Waals surface area contributed by atoms with Crippen molar-refractivity contribution in [3.8, 4) is 0 Å². The number of amides is 1. The standard InChI is InChI=1S/C19H26N4O2S.C10H14.C6H12O.C4H5F3.C4H10/c24-14-6-10-23(11-7-14)9-3-8-20-17(25)19-22-16-12-13-4-1-2-5-15(13)21-18(16)26-19;1-3-9(2)10-7-5-4-6-8-10;1-4-5(2)6(3)7;5-4(6,7)3-1-2-3;1-3-4-2/h12,14,24H,1-11H2,(H,20,25);4-9H,3H2,1-2H3;5H,4H2,1-3H3;3H,1-2H2;3-4H2,1-2H3. The average Bonchev–Trinajstić information content (AvgIpc) is 3.97. The molecule has 2 unspecified atom stereocenters. The fourth-order valence-corrected chi connectivity index (χ4v) is 6.37. The van der Waals surface area contributed by atoms with Gasteiger partial charge in [-0.3, -0.25) is 9.59 Å². The highest BCUT2D eigenvalue weighted by Gasteiger charge is 2.46. The molecule has 0 spiro atoms. The van der Waals surface area contributed by atoms with Gasteiger partial charge in [0.05, 0.1) is 12.0 Å². The molecule has 0 bridgehead atoms. The highest BCUT2D eigenvalue weighted by atomic mass is 32.1. The Hall–Kier alpha value is -2.89. The van der Waals surface area contributed by atoms with Gasteiger partial charge in [-0.1, -0.05) is 96.1 Å². The zero-order valence-electron chi connectivity index (χ0n) is 33.9. The highest BCUT2D eigenvalue weighted by molar-refractivity contribution is 7.19. The number of pyridine rings is 1. The molecule has 11 heteroatoms. The molecule has 2 fully saturated rings. The Balaban J connectivity index is 0.000000293. The number of nitrogens with one attached hydrogen (secondary N) is 1. The number of rotatable bonds is 10. The van der Waals surface area contributed by atoms with Crippen molar-refractivity contribution in [2.45, 2.75) is 150 Å². The number of hydrogen-bond donors (Lipinski definition) is 2. The van der Waals surface area contributed by atoms with Gasteiger partial charge in [0, 0.05) is 31.2 Å². The summed E-state index contributed by atoms with van der Waals surface area (Å²) in [5.41, 5.74) is 4.79. The Bertz CT molecular complexity index is 1440. The van der Waals surface area contributed by atoms with Crippen LogP contribution in [0.4, 0.5) is 13.2 Å². The Kier molecular flexibility index (Phi) is 22.1. The Morgan fingerprint density at radius 3 is 2.07 bits per heavy atom. The monoisotopic (exact) mass is 776 g/mol. The summed E-state index contributed by atoms with van der Waals surface area (Å²) in [6.45, 7) is 17.9. The lowest BCUT2D eigenvalue weighted by Gasteiger charge is -2.29. The third kappa shape index (κ3) is 18.2. The van der Waals surface area contributed by atoms with Crippen molar-refractivity contribution in [2.24, 2.45) is 11.8 Å². The zero-order valence-corrected chi connectivity index (χ0v) is 34.8. The Morgan fingerprint density at radius 2 is 1.57 bits per heavy atom. The number of carbonyl (C=O) groups excluding carboxylic acids is 2. The summed E-state index contributed by atoms with van der Waals surface area (Å²) in [6, 6.07) is 12.8. The van der Waals surface area contributed by atoms with Crippen molar-refractivity contribution in [2.75, 3.05) is 26.2 Å². The number of thiazole rings is 1. The number of hydrogen-bond acceptors (Lipinski definition) is 7. The van der Waals surface area contributed by atoms with Crippen LogP contribution >= 0.6 is 11.3 Å². The second-order valence-electron chi connectivity index (χ2n) is 14.8. The molecule has 2 atom stereocenters. The zero-order chi connectivity index (χ0) is 40.1. The molecule has 1 aromatic carbocycles. The number of likely N-dealkylation sites (tertiary alicyclic amines) is 1. The van der Waals surface area contributed by atoms with E-state index in [0.29, 0.717) is 36.1 Å². The molecule has 3 aromatic rings. The summed E-state index contributed by atoms with van der Waals surface area (Å²) >= 11 is 1.39. The molecule has 1 saturated heterocycles. The van der Waals surface area contributed by atoms with Crippen LogP contribution in [0.15, 0.2) is 36.4 Å². The van der Waals surface area contributed by atoms with Crippen molar-refractivity contribution in [3.63, 3.8) is 0 Å². The van der Waals surface area contributed by atoms with Gasteiger partial charge in [0.1, 0.15) is 16.1 Å². The summed E-state index contributed by atoms with van der Waals surface area (Å²) in [6.07, 6.45) is 8.67. The van der Waals surface area contributed by atoms with Crippen LogP contribution < -0.4 is 5.32 Å². The Morgan fingerprint density at radius 1 is 0.944 bits per heavy atom. The molecule has 2 aromatic heterocycles. The first kappa shape index (κ1) is 47.3. The van der Waals surface area contributed by atoms with Crippen LogP contribution in [0.5, 0.6) is 0 Å². The molecular weight excluding hydrogens is 710 g/mol. The predicted molar refractivity (Wildman–Crippen MR) is 217 cm³/mol. The number of fused-ring (bicyclic) bond motifs is 2. The number of unbranched alkanes of at least 4 members (excludes halogenated alkanes) is 1. The van der Waals surface area contributed by atoms with Gasteiger partial charge in [-0.05, 0) is 107 Å². The van der Waals surface area contributed by atoms with Crippen LogP contribution in [0.1, 0.15) is 152 Å². The SMILES string of the molecule is CCC(C)C(C)=O.CCC(C)c1ccccc1.CCCC.FC(F)(F)C1CC1.O=C(NCCCN1CCC(O)CC1)c1nc2cc3c(nc2s1)CCCC3. The van der Waals surface area contributed by atoms with Crippen molar-refractivity contribution >= 4 is 33.4 Å². The predicted octanol–water partition coefficient (Wildman–Crippen LogP) is 10.7. The normalized spacial score (nSPS) is 16.7. The maximum Gasteiger partial charge on any atom is 0.391 e.